The highest BCUT2D eigenvalue weighted by molar-refractivity contribution is 7.92. The SMILES string of the molecule is COc1ccc(NC(=O)c2cccn2Cc2ccccc2)cc1NS(C)(=O)=O. The van der Waals surface area contributed by atoms with Crippen LogP contribution >= 0.6 is 0 Å². The summed E-state index contributed by atoms with van der Waals surface area (Å²) in [5, 5.41) is 2.80. The van der Waals surface area contributed by atoms with Crippen molar-refractivity contribution in [1.82, 2.24) is 4.57 Å². The third-order valence-electron chi connectivity index (χ3n) is 4.01. The van der Waals surface area contributed by atoms with Crippen LogP contribution in [0.5, 0.6) is 5.75 Å². The Kier molecular flexibility index (Phi) is 5.70. The number of carbonyl (C=O) groups is 1. The van der Waals surface area contributed by atoms with E-state index < -0.39 is 10.0 Å². The van der Waals surface area contributed by atoms with E-state index in [1.165, 1.54) is 13.2 Å². The van der Waals surface area contributed by atoms with E-state index in [0.717, 1.165) is 11.8 Å². The number of benzene rings is 2. The molecule has 0 bridgehead atoms. The van der Waals surface area contributed by atoms with Gasteiger partial charge in [0.05, 0.1) is 19.1 Å². The monoisotopic (exact) mass is 399 g/mol. The lowest BCUT2D eigenvalue weighted by Gasteiger charge is -2.13. The van der Waals surface area contributed by atoms with Gasteiger partial charge >= 0.3 is 0 Å². The van der Waals surface area contributed by atoms with Crippen LogP contribution in [0, 0.1) is 0 Å². The second kappa shape index (κ2) is 8.18. The second-order valence-corrected chi connectivity index (χ2v) is 8.00. The van der Waals surface area contributed by atoms with Gasteiger partial charge in [-0.15, -0.1) is 0 Å². The van der Waals surface area contributed by atoms with E-state index in [1.807, 2.05) is 47.2 Å². The number of sulfonamides is 1. The summed E-state index contributed by atoms with van der Waals surface area (Å²) >= 11 is 0. The summed E-state index contributed by atoms with van der Waals surface area (Å²) in [5.41, 5.74) is 2.28. The number of nitrogens with zero attached hydrogens (tertiary/aromatic N) is 1. The van der Waals surface area contributed by atoms with Gasteiger partial charge in [0.2, 0.25) is 10.0 Å². The van der Waals surface area contributed by atoms with Crippen molar-refractivity contribution in [1.29, 1.82) is 0 Å². The molecule has 0 fully saturated rings. The summed E-state index contributed by atoms with van der Waals surface area (Å²) in [7, 11) is -2.04. The first-order valence-electron chi connectivity index (χ1n) is 8.52. The van der Waals surface area contributed by atoms with Crippen molar-refractivity contribution in [2.24, 2.45) is 0 Å². The zero-order valence-electron chi connectivity index (χ0n) is 15.5. The number of anilines is 2. The Morgan fingerprint density at radius 3 is 2.50 bits per heavy atom. The van der Waals surface area contributed by atoms with Gasteiger partial charge in [-0.05, 0) is 35.9 Å². The van der Waals surface area contributed by atoms with E-state index in [4.69, 9.17) is 4.74 Å². The molecule has 2 aromatic carbocycles. The first-order valence-corrected chi connectivity index (χ1v) is 10.4. The molecule has 146 valence electrons. The third-order valence-corrected chi connectivity index (χ3v) is 4.60. The number of methoxy groups -OCH3 is 1. The molecule has 28 heavy (non-hydrogen) atoms. The smallest absolute Gasteiger partial charge is 0.272 e. The quantitative estimate of drug-likeness (QED) is 0.639. The van der Waals surface area contributed by atoms with Gasteiger partial charge in [-0.25, -0.2) is 8.42 Å². The van der Waals surface area contributed by atoms with Crippen LogP contribution in [0.2, 0.25) is 0 Å². The lowest BCUT2D eigenvalue weighted by Crippen LogP contribution is -2.17. The average molecular weight is 399 g/mol. The van der Waals surface area contributed by atoms with Crippen molar-refractivity contribution in [2.75, 3.05) is 23.4 Å². The zero-order valence-corrected chi connectivity index (χ0v) is 16.4. The Hall–Kier alpha value is -3.26. The van der Waals surface area contributed by atoms with Crippen LogP contribution in [-0.2, 0) is 16.6 Å². The number of ether oxygens (including phenoxy) is 1. The number of amides is 1. The van der Waals surface area contributed by atoms with Gasteiger partial charge in [0, 0.05) is 18.4 Å². The Morgan fingerprint density at radius 1 is 1.07 bits per heavy atom. The Morgan fingerprint density at radius 2 is 1.82 bits per heavy atom. The number of nitrogens with one attached hydrogen (secondary N) is 2. The summed E-state index contributed by atoms with van der Waals surface area (Å²) in [6.07, 6.45) is 2.89. The van der Waals surface area contributed by atoms with Crippen LogP contribution in [0.4, 0.5) is 11.4 Å². The van der Waals surface area contributed by atoms with Crippen molar-refractivity contribution >= 4 is 27.3 Å². The van der Waals surface area contributed by atoms with Gasteiger partial charge in [-0.1, -0.05) is 30.3 Å². The lowest BCUT2D eigenvalue weighted by atomic mass is 10.2. The minimum atomic E-state index is -3.49. The van der Waals surface area contributed by atoms with E-state index in [9.17, 15) is 13.2 Å². The summed E-state index contributed by atoms with van der Waals surface area (Å²) in [4.78, 5) is 12.7. The first-order chi connectivity index (χ1) is 13.4. The van der Waals surface area contributed by atoms with Gasteiger partial charge < -0.3 is 14.6 Å². The molecule has 3 rings (SSSR count). The minimum Gasteiger partial charge on any atom is -0.495 e. The summed E-state index contributed by atoms with van der Waals surface area (Å²) in [5.74, 6) is 0.0623. The van der Waals surface area contributed by atoms with E-state index in [2.05, 4.69) is 10.0 Å². The fraction of sp³-hybridized carbons (Fsp3) is 0.150. The molecular weight excluding hydrogens is 378 g/mol. The zero-order chi connectivity index (χ0) is 20.1. The van der Waals surface area contributed by atoms with Gasteiger partial charge in [0.1, 0.15) is 11.4 Å². The van der Waals surface area contributed by atoms with Crippen LogP contribution in [0.15, 0.2) is 66.9 Å². The maximum absolute atomic E-state index is 12.7. The first kappa shape index (κ1) is 19.5. The normalized spacial score (nSPS) is 11.1. The molecule has 0 atom stereocenters. The molecule has 0 aliphatic heterocycles. The summed E-state index contributed by atoms with van der Waals surface area (Å²) in [6, 6.07) is 18.1. The number of hydrogen-bond acceptors (Lipinski definition) is 4. The van der Waals surface area contributed by atoms with E-state index >= 15 is 0 Å². The van der Waals surface area contributed by atoms with Crippen LogP contribution in [0.3, 0.4) is 0 Å². The molecule has 0 spiro atoms. The van der Waals surface area contributed by atoms with Gasteiger partial charge in [0.15, 0.2) is 0 Å². The maximum Gasteiger partial charge on any atom is 0.272 e. The third kappa shape index (κ3) is 4.92. The van der Waals surface area contributed by atoms with Crippen molar-refractivity contribution in [3.63, 3.8) is 0 Å². The van der Waals surface area contributed by atoms with E-state index in [1.54, 1.807) is 18.2 Å². The molecule has 1 aromatic heterocycles. The van der Waals surface area contributed by atoms with Crippen molar-refractivity contribution in [2.45, 2.75) is 6.54 Å². The highest BCUT2D eigenvalue weighted by atomic mass is 32.2. The largest absolute Gasteiger partial charge is 0.495 e. The molecule has 2 N–H and O–H groups in total. The van der Waals surface area contributed by atoms with E-state index in [-0.39, 0.29) is 11.6 Å². The number of hydrogen-bond donors (Lipinski definition) is 2. The molecule has 0 saturated carbocycles. The van der Waals surface area contributed by atoms with Crippen molar-refractivity contribution in [3.8, 4) is 5.75 Å². The highest BCUT2D eigenvalue weighted by Crippen LogP contribution is 2.28. The van der Waals surface area contributed by atoms with Gasteiger partial charge in [0.25, 0.3) is 5.91 Å². The van der Waals surface area contributed by atoms with Crippen LogP contribution < -0.4 is 14.8 Å². The number of aromatic nitrogens is 1. The summed E-state index contributed by atoms with van der Waals surface area (Å²) < 4.78 is 32.5. The molecule has 0 aliphatic carbocycles. The molecule has 3 aromatic rings. The minimum absolute atomic E-state index is 0.252. The molecule has 1 heterocycles. The maximum atomic E-state index is 12.7. The number of rotatable bonds is 7. The molecule has 0 aliphatic rings. The van der Waals surface area contributed by atoms with Crippen molar-refractivity contribution in [3.05, 3.63) is 78.1 Å². The molecule has 7 nitrogen and oxygen atoms in total. The Bertz CT molecular complexity index is 1080. The Balaban J connectivity index is 1.80. The molecule has 0 radical (unpaired) electrons. The van der Waals surface area contributed by atoms with Gasteiger partial charge in [-0.3, -0.25) is 9.52 Å². The van der Waals surface area contributed by atoms with Gasteiger partial charge in [-0.2, -0.15) is 0 Å². The number of carbonyl (C=O) groups excluding carboxylic acids is 1. The fourth-order valence-electron chi connectivity index (χ4n) is 2.80. The molecule has 1 amide bonds. The van der Waals surface area contributed by atoms with Crippen molar-refractivity contribution < 1.29 is 17.9 Å². The van der Waals surface area contributed by atoms with Crippen LogP contribution in [0.1, 0.15) is 16.1 Å². The molecule has 8 heteroatoms. The standard InChI is InChI=1S/C20H21N3O4S/c1-27-19-11-10-16(13-17(19)22-28(2,25)26)21-20(24)18-9-6-12-23(18)14-15-7-4-3-5-8-15/h3-13,22H,14H2,1-2H3,(H,21,24). The Labute approximate surface area is 164 Å². The molecule has 0 unspecified atom stereocenters. The second-order valence-electron chi connectivity index (χ2n) is 6.25. The fourth-order valence-corrected chi connectivity index (χ4v) is 3.36. The lowest BCUT2D eigenvalue weighted by molar-refractivity contribution is 0.101. The predicted octanol–water partition coefficient (Wildman–Crippen LogP) is 3.17. The predicted molar refractivity (Wildman–Crippen MR) is 109 cm³/mol. The van der Waals surface area contributed by atoms with Crippen LogP contribution in [-0.4, -0.2) is 32.3 Å². The van der Waals surface area contributed by atoms with E-state index in [0.29, 0.717) is 23.7 Å². The van der Waals surface area contributed by atoms with Crippen LogP contribution in [0.25, 0.3) is 0 Å². The highest BCUT2D eigenvalue weighted by Gasteiger charge is 2.14. The topological polar surface area (TPSA) is 89.4 Å². The molecular formula is C20H21N3O4S. The molecule has 0 saturated heterocycles. The average Bonchev–Trinajstić information content (AvgIpc) is 3.10. The summed E-state index contributed by atoms with van der Waals surface area (Å²) in [6.45, 7) is 0.570.